The number of nitrogens with one attached hydrogen (secondary N) is 1. The first-order chi connectivity index (χ1) is 13.4. The maximum Gasteiger partial charge on any atom is 0.258 e. The molecule has 0 spiro atoms. The first-order valence-electron chi connectivity index (χ1n) is 8.45. The molecule has 1 heterocycles. The molecule has 3 rings (SSSR count). The number of rotatable bonds is 7. The minimum absolute atomic E-state index is 0.208. The summed E-state index contributed by atoms with van der Waals surface area (Å²) in [6, 6.07) is 14.0. The minimum atomic E-state index is -0.422. The second-order valence-electron chi connectivity index (χ2n) is 6.05. The Morgan fingerprint density at radius 1 is 1.18 bits per heavy atom. The largest absolute Gasteiger partial charge is 0.483 e. The van der Waals surface area contributed by atoms with Crippen LogP contribution >= 0.6 is 22.9 Å². The molecule has 0 aliphatic carbocycles. The standard InChI is InChI=1S/C21H17ClFNO3S/c1-13(25)17-11-15(22)6-9-18(17)27-12-20(26)24-21(19-3-2-10-28-19)14-4-7-16(23)8-5-14/h2-11,21H,12H2,1H3,(H,24,26)/t21-/m0/s1. The zero-order valence-electron chi connectivity index (χ0n) is 14.9. The summed E-state index contributed by atoms with van der Waals surface area (Å²) in [6.07, 6.45) is 0. The third kappa shape index (κ3) is 4.97. The van der Waals surface area contributed by atoms with Crippen molar-refractivity contribution < 1.29 is 18.7 Å². The molecule has 1 N–H and O–H groups in total. The van der Waals surface area contributed by atoms with Crippen molar-refractivity contribution >= 4 is 34.6 Å². The fraction of sp³-hybridized carbons (Fsp3) is 0.143. The smallest absolute Gasteiger partial charge is 0.258 e. The summed E-state index contributed by atoms with van der Waals surface area (Å²) >= 11 is 7.40. The lowest BCUT2D eigenvalue weighted by molar-refractivity contribution is -0.123. The molecule has 0 unspecified atom stereocenters. The molecule has 0 fully saturated rings. The van der Waals surface area contributed by atoms with Crippen molar-refractivity contribution in [3.05, 3.63) is 86.8 Å². The van der Waals surface area contributed by atoms with Crippen LogP contribution in [0.1, 0.15) is 33.8 Å². The fourth-order valence-electron chi connectivity index (χ4n) is 2.68. The van der Waals surface area contributed by atoms with Gasteiger partial charge in [0.25, 0.3) is 5.91 Å². The van der Waals surface area contributed by atoms with E-state index in [-0.39, 0.29) is 24.1 Å². The first-order valence-corrected chi connectivity index (χ1v) is 9.71. The van der Waals surface area contributed by atoms with Gasteiger partial charge in [-0.1, -0.05) is 29.8 Å². The maximum atomic E-state index is 13.3. The number of hydrogen-bond acceptors (Lipinski definition) is 4. The van der Waals surface area contributed by atoms with Crippen LogP contribution in [0, 0.1) is 5.82 Å². The summed E-state index contributed by atoms with van der Waals surface area (Å²) in [5.74, 6) is -0.628. The molecular formula is C21H17ClFNO3S. The average molecular weight is 418 g/mol. The summed E-state index contributed by atoms with van der Waals surface area (Å²) in [5, 5.41) is 5.22. The second kappa shape index (κ2) is 8.99. The lowest BCUT2D eigenvalue weighted by Crippen LogP contribution is -2.33. The third-order valence-electron chi connectivity index (χ3n) is 4.02. The van der Waals surface area contributed by atoms with Gasteiger partial charge in [-0.3, -0.25) is 9.59 Å². The van der Waals surface area contributed by atoms with E-state index in [1.807, 2.05) is 17.5 Å². The van der Waals surface area contributed by atoms with Crippen LogP contribution in [0.15, 0.2) is 60.0 Å². The van der Waals surface area contributed by atoms with Crippen LogP contribution < -0.4 is 10.1 Å². The van der Waals surface area contributed by atoms with Gasteiger partial charge in [0.05, 0.1) is 11.6 Å². The van der Waals surface area contributed by atoms with E-state index in [9.17, 15) is 14.0 Å². The molecule has 1 amide bonds. The molecule has 0 saturated heterocycles. The van der Waals surface area contributed by atoms with Crippen molar-refractivity contribution in [1.29, 1.82) is 0 Å². The van der Waals surface area contributed by atoms with Crippen molar-refractivity contribution in [1.82, 2.24) is 5.32 Å². The molecule has 144 valence electrons. The number of halogens is 2. The van der Waals surface area contributed by atoms with Crippen LogP contribution in [-0.2, 0) is 4.79 Å². The highest BCUT2D eigenvalue weighted by Gasteiger charge is 2.19. The number of hydrogen-bond donors (Lipinski definition) is 1. The highest BCUT2D eigenvalue weighted by molar-refractivity contribution is 7.10. The van der Waals surface area contributed by atoms with Gasteiger partial charge in [0.2, 0.25) is 0 Å². The molecule has 0 saturated carbocycles. The predicted molar refractivity (Wildman–Crippen MR) is 108 cm³/mol. The van der Waals surface area contributed by atoms with Gasteiger partial charge in [-0.2, -0.15) is 0 Å². The average Bonchev–Trinajstić information content (AvgIpc) is 3.20. The van der Waals surface area contributed by atoms with E-state index in [1.165, 1.54) is 36.5 Å². The van der Waals surface area contributed by atoms with E-state index >= 15 is 0 Å². The SMILES string of the molecule is CC(=O)c1cc(Cl)ccc1OCC(=O)N[C@@H](c1ccc(F)cc1)c1cccs1. The number of ether oxygens (including phenoxy) is 1. The maximum absolute atomic E-state index is 13.3. The molecule has 7 heteroatoms. The lowest BCUT2D eigenvalue weighted by atomic mass is 10.1. The third-order valence-corrected chi connectivity index (χ3v) is 5.19. The Morgan fingerprint density at radius 2 is 1.93 bits per heavy atom. The fourth-order valence-corrected chi connectivity index (χ4v) is 3.65. The quantitative estimate of drug-likeness (QED) is 0.548. The molecule has 1 atom stereocenters. The molecule has 0 aliphatic heterocycles. The summed E-state index contributed by atoms with van der Waals surface area (Å²) in [7, 11) is 0. The Morgan fingerprint density at radius 3 is 2.57 bits per heavy atom. The summed E-state index contributed by atoms with van der Waals surface area (Å²) in [5.41, 5.74) is 1.07. The Balaban J connectivity index is 1.73. The minimum Gasteiger partial charge on any atom is -0.483 e. The van der Waals surface area contributed by atoms with Crippen molar-refractivity contribution in [2.24, 2.45) is 0 Å². The lowest BCUT2D eigenvalue weighted by Gasteiger charge is -2.18. The van der Waals surface area contributed by atoms with Crippen molar-refractivity contribution in [2.75, 3.05) is 6.61 Å². The normalized spacial score (nSPS) is 11.7. The Kier molecular flexibility index (Phi) is 6.44. The van der Waals surface area contributed by atoms with Crippen molar-refractivity contribution in [3.63, 3.8) is 0 Å². The van der Waals surface area contributed by atoms with Crippen molar-refractivity contribution in [3.8, 4) is 5.75 Å². The predicted octanol–water partition coefficient (Wildman–Crippen LogP) is 5.03. The van der Waals surface area contributed by atoms with E-state index in [2.05, 4.69) is 5.32 Å². The van der Waals surface area contributed by atoms with Crippen LogP contribution in [0.2, 0.25) is 5.02 Å². The van der Waals surface area contributed by atoms with Crippen molar-refractivity contribution in [2.45, 2.75) is 13.0 Å². The van der Waals surface area contributed by atoms with Gasteiger partial charge in [0.1, 0.15) is 11.6 Å². The van der Waals surface area contributed by atoms with Gasteiger partial charge >= 0.3 is 0 Å². The second-order valence-corrected chi connectivity index (χ2v) is 7.47. The summed E-state index contributed by atoms with van der Waals surface area (Å²) in [4.78, 5) is 25.1. The van der Waals surface area contributed by atoms with Crippen LogP contribution in [0.25, 0.3) is 0 Å². The van der Waals surface area contributed by atoms with Gasteiger partial charge in [-0.25, -0.2) is 4.39 Å². The molecule has 0 bridgehead atoms. The number of Topliss-reactive ketones (excluding diaryl/α,β-unsaturated/α-hetero) is 1. The van der Waals surface area contributed by atoms with Gasteiger partial charge in [0.15, 0.2) is 12.4 Å². The van der Waals surface area contributed by atoms with E-state index in [0.717, 1.165) is 10.4 Å². The molecule has 2 aromatic carbocycles. The molecule has 4 nitrogen and oxygen atoms in total. The number of thiophene rings is 1. The molecular weight excluding hydrogens is 401 g/mol. The number of amides is 1. The van der Waals surface area contributed by atoms with Crippen LogP contribution in [0.5, 0.6) is 5.75 Å². The van der Waals surface area contributed by atoms with Crippen LogP contribution in [0.3, 0.4) is 0 Å². The number of ketones is 1. The zero-order chi connectivity index (χ0) is 20.1. The van der Waals surface area contributed by atoms with E-state index < -0.39 is 6.04 Å². The van der Waals surface area contributed by atoms with Crippen LogP contribution in [-0.4, -0.2) is 18.3 Å². The van der Waals surface area contributed by atoms with Gasteiger partial charge in [0, 0.05) is 9.90 Å². The van der Waals surface area contributed by atoms with Gasteiger partial charge in [-0.15, -0.1) is 11.3 Å². The molecule has 0 aliphatic rings. The monoisotopic (exact) mass is 417 g/mol. The van der Waals surface area contributed by atoms with Crippen LogP contribution in [0.4, 0.5) is 4.39 Å². The highest BCUT2D eigenvalue weighted by Crippen LogP contribution is 2.27. The van der Waals surface area contributed by atoms with E-state index in [0.29, 0.717) is 16.3 Å². The topological polar surface area (TPSA) is 55.4 Å². The first kappa shape index (κ1) is 20.0. The molecule has 0 radical (unpaired) electrons. The molecule has 1 aromatic heterocycles. The Hall–Kier alpha value is -2.70. The molecule has 3 aromatic rings. The van der Waals surface area contributed by atoms with E-state index in [1.54, 1.807) is 24.3 Å². The Bertz CT molecular complexity index is 974. The highest BCUT2D eigenvalue weighted by atomic mass is 35.5. The van der Waals surface area contributed by atoms with Gasteiger partial charge < -0.3 is 10.1 Å². The Labute approximate surface area is 170 Å². The van der Waals surface area contributed by atoms with Gasteiger partial charge in [-0.05, 0) is 54.3 Å². The number of benzene rings is 2. The number of carbonyl (C=O) groups excluding carboxylic acids is 2. The van der Waals surface area contributed by atoms with E-state index in [4.69, 9.17) is 16.3 Å². The zero-order valence-corrected chi connectivity index (χ0v) is 16.5. The summed E-state index contributed by atoms with van der Waals surface area (Å²) in [6.45, 7) is 1.13. The molecule has 28 heavy (non-hydrogen) atoms. The summed E-state index contributed by atoms with van der Waals surface area (Å²) < 4.78 is 18.8. The number of carbonyl (C=O) groups is 2.